The quantitative estimate of drug-likeness (QED) is 0.808. The van der Waals surface area contributed by atoms with Crippen LogP contribution in [0.4, 0.5) is 18.9 Å². The Balaban J connectivity index is 3.02. The van der Waals surface area contributed by atoms with Gasteiger partial charge in [-0.1, -0.05) is 0 Å². The molecule has 0 heterocycles. The molecule has 0 aliphatic carbocycles. The fourth-order valence-electron chi connectivity index (χ4n) is 1.15. The van der Waals surface area contributed by atoms with E-state index < -0.39 is 11.7 Å². The summed E-state index contributed by atoms with van der Waals surface area (Å²) in [7, 11) is 3.77. The largest absolute Gasteiger partial charge is 0.496 e. The first-order valence-electron chi connectivity index (χ1n) is 4.35. The molecular formula is C9H10BF3NO2. The fourth-order valence-corrected chi connectivity index (χ4v) is 1.15. The van der Waals surface area contributed by atoms with Gasteiger partial charge in [0.15, 0.2) is 0 Å². The van der Waals surface area contributed by atoms with Crippen LogP contribution < -0.4 is 9.96 Å². The van der Waals surface area contributed by atoms with Crippen LogP contribution >= 0.6 is 0 Å². The van der Waals surface area contributed by atoms with Gasteiger partial charge in [0.1, 0.15) is 5.75 Å². The molecule has 0 bridgehead atoms. The molecule has 0 saturated carbocycles. The van der Waals surface area contributed by atoms with Gasteiger partial charge in [-0.2, -0.15) is 13.2 Å². The van der Waals surface area contributed by atoms with Crippen LogP contribution in [0.15, 0.2) is 18.2 Å². The Kier molecular flexibility index (Phi) is 4.06. The standard InChI is InChI=1S/C9H10BF3NO2/c1-15-8-4-3-6(14-10-16-2)5-7(8)9(11,12)13/h3-5,14H,1-2H3. The maximum absolute atomic E-state index is 12.6. The molecule has 0 aromatic heterocycles. The third-order valence-corrected chi connectivity index (χ3v) is 1.85. The van der Waals surface area contributed by atoms with Crippen LogP contribution in [0.2, 0.25) is 0 Å². The smallest absolute Gasteiger partial charge is 0.435 e. The number of hydrogen-bond acceptors (Lipinski definition) is 3. The highest BCUT2D eigenvalue weighted by Gasteiger charge is 2.34. The maximum Gasteiger partial charge on any atom is 0.435 e. The number of methoxy groups -OCH3 is 1. The topological polar surface area (TPSA) is 30.5 Å². The van der Waals surface area contributed by atoms with Crippen LogP contribution in [-0.2, 0) is 10.8 Å². The number of anilines is 1. The molecule has 1 aromatic rings. The maximum atomic E-state index is 12.6. The molecule has 87 valence electrons. The molecule has 1 aromatic carbocycles. The number of alkyl halides is 3. The highest BCUT2D eigenvalue weighted by Crippen LogP contribution is 2.37. The van der Waals surface area contributed by atoms with Crippen molar-refractivity contribution in [2.24, 2.45) is 0 Å². The molecule has 0 amide bonds. The van der Waals surface area contributed by atoms with E-state index in [0.29, 0.717) is 0 Å². The summed E-state index contributed by atoms with van der Waals surface area (Å²) in [5, 5.41) is 2.56. The molecule has 0 aliphatic heterocycles. The van der Waals surface area contributed by atoms with E-state index in [4.69, 9.17) is 0 Å². The van der Waals surface area contributed by atoms with Crippen LogP contribution in [-0.4, -0.2) is 21.8 Å². The molecule has 1 rings (SSSR count). The Bertz CT molecular complexity index is 357. The molecule has 0 atom stereocenters. The van der Waals surface area contributed by atoms with Crippen molar-refractivity contribution in [3.8, 4) is 5.75 Å². The zero-order chi connectivity index (χ0) is 12.2. The van der Waals surface area contributed by atoms with Crippen LogP contribution in [0.25, 0.3) is 0 Å². The lowest BCUT2D eigenvalue weighted by Crippen LogP contribution is -2.11. The Labute approximate surface area is 91.8 Å². The van der Waals surface area contributed by atoms with E-state index in [1.54, 1.807) is 0 Å². The molecule has 0 spiro atoms. The number of rotatable bonds is 4. The minimum absolute atomic E-state index is 0.213. The summed E-state index contributed by atoms with van der Waals surface area (Å²) in [6, 6.07) is 3.66. The Morgan fingerprint density at radius 1 is 1.25 bits per heavy atom. The van der Waals surface area contributed by atoms with Gasteiger partial charge in [-0.05, 0) is 18.2 Å². The number of hydrogen-bond donors (Lipinski definition) is 1. The van der Waals surface area contributed by atoms with Crippen LogP contribution in [0, 0.1) is 0 Å². The van der Waals surface area contributed by atoms with Gasteiger partial charge in [0.05, 0.1) is 12.7 Å². The van der Waals surface area contributed by atoms with Gasteiger partial charge in [-0.3, -0.25) is 0 Å². The van der Waals surface area contributed by atoms with Gasteiger partial charge in [0.25, 0.3) is 0 Å². The van der Waals surface area contributed by atoms with Crippen molar-refractivity contribution in [2.75, 3.05) is 19.4 Å². The lowest BCUT2D eigenvalue weighted by atomic mass is 10.1. The molecule has 16 heavy (non-hydrogen) atoms. The summed E-state index contributed by atoms with van der Waals surface area (Å²) in [5.74, 6) is -0.213. The summed E-state index contributed by atoms with van der Waals surface area (Å²) < 4.78 is 47.0. The third kappa shape index (κ3) is 3.06. The van der Waals surface area contributed by atoms with E-state index >= 15 is 0 Å². The summed E-state index contributed by atoms with van der Waals surface area (Å²) in [6.07, 6.45) is -4.45. The molecule has 0 fully saturated rings. The highest BCUT2D eigenvalue weighted by molar-refractivity contribution is 6.32. The van der Waals surface area contributed by atoms with E-state index in [0.717, 1.165) is 6.07 Å². The first-order chi connectivity index (χ1) is 7.49. The zero-order valence-corrected chi connectivity index (χ0v) is 8.76. The first-order valence-corrected chi connectivity index (χ1v) is 4.35. The zero-order valence-electron chi connectivity index (χ0n) is 8.76. The van der Waals surface area contributed by atoms with Crippen molar-refractivity contribution in [1.29, 1.82) is 0 Å². The molecular weight excluding hydrogens is 222 g/mol. The number of ether oxygens (including phenoxy) is 1. The molecule has 0 aliphatic rings. The second-order valence-electron chi connectivity index (χ2n) is 2.91. The first kappa shape index (κ1) is 12.7. The monoisotopic (exact) mass is 232 g/mol. The van der Waals surface area contributed by atoms with Crippen molar-refractivity contribution in [3.05, 3.63) is 23.8 Å². The predicted octanol–water partition coefficient (Wildman–Crippen LogP) is 2.31. The van der Waals surface area contributed by atoms with Gasteiger partial charge in [0, 0.05) is 12.8 Å². The van der Waals surface area contributed by atoms with Gasteiger partial charge in [0.2, 0.25) is 0 Å². The Hall–Kier alpha value is -1.37. The predicted molar refractivity (Wildman–Crippen MR) is 54.4 cm³/mol. The summed E-state index contributed by atoms with van der Waals surface area (Å²) in [5.41, 5.74) is -0.556. The van der Waals surface area contributed by atoms with E-state index in [1.807, 2.05) is 0 Å². The van der Waals surface area contributed by atoms with Crippen molar-refractivity contribution in [1.82, 2.24) is 0 Å². The number of benzene rings is 1. The van der Waals surface area contributed by atoms with Gasteiger partial charge >= 0.3 is 13.8 Å². The Morgan fingerprint density at radius 3 is 2.44 bits per heavy atom. The van der Waals surface area contributed by atoms with Gasteiger partial charge in [-0.25, -0.2) is 0 Å². The fraction of sp³-hybridized carbons (Fsp3) is 0.333. The summed E-state index contributed by atoms with van der Waals surface area (Å²) in [4.78, 5) is 0. The van der Waals surface area contributed by atoms with E-state index in [-0.39, 0.29) is 11.4 Å². The molecule has 0 unspecified atom stereocenters. The second-order valence-corrected chi connectivity index (χ2v) is 2.91. The van der Waals surface area contributed by atoms with Crippen molar-refractivity contribution in [2.45, 2.75) is 6.18 Å². The number of halogens is 3. The van der Waals surface area contributed by atoms with Gasteiger partial charge in [-0.15, -0.1) is 0 Å². The minimum Gasteiger partial charge on any atom is -0.496 e. The van der Waals surface area contributed by atoms with E-state index in [2.05, 4.69) is 14.6 Å². The SMILES string of the molecule is CO[B]Nc1ccc(OC)c(C(F)(F)F)c1. The van der Waals surface area contributed by atoms with Crippen LogP contribution in [0.3, 0.4) is 0 Å². The van der Waals surface area contributed by atoms with Crippen LogP contribution in [0.1, 0.15) is 5.56 Å². The Morgan fingerprint density at radius 2 is 1.94 bits per heavy atom. The second kappa shape index (κ2) is 5.11. The molecule has 1 radical (unpaired) electrons. The minimum atomic E-state index is -4.45. The van der Waals surface area contributed by atoms with Crippen molar-refractivity contribution >= 4 is 13.3 Å². The highest BCUT2D eigenvalue weighted by atomic mass is 19.4. The summed E-state index contributed by atoms with van der Waals surface area (Å²) >= 11 is 0. The average molecular weight is 232 g/mol. The average Bonchev–Trinajstić information content (AvgIpc) is 2.24. The molecule has 0 saturated heterocycles. The number of nitrogens with one attached hydrogen (secondary N) is 1. The van der Waals surface area contributed by atoms with Crippen LogP contribution in [0.5, 0.6) is 5.75 Å². The van der Waals surface area contributed by atoms with E-state index in [9.17, 15) is 13.2 Å². The van der Waals surface area contributed by atoms with Crippen molar-refractivity contribution < 1.29 is 22.6 Å². The normalized spacial score (nSPS) is 11.1. The van der Waals surface area contributed by atoms with E-state index in [1.165, 1.54) is 34.0 Å². The molecule has 3 nitrogen and oxygen atoms in total. The van der Waals surface area contributed by atoms with Crippen molar-refractivity contribution in [3.63, 3.8) is 0 Å². The lowest BCUT2D eigenvalue weighted by molar-refractivity contribution is -0.138. The molecule has 1 N–H and O–H groups in total. The molecule has 7 heteroatoms. The third-order valence-electron chi connectivity index (χ3n) is 1.85. The van der Waals surface area contributed by atoms with Gasteiger partial charge < -0.3 is 14.6 Å². The lowest BCUT2D eigenvalue weighted by Gasteiger charge is -2.13. The summed E-state index contributed by atoms with van der Waals surface area (Å²) in [6.45, 7) is 0.